The number of benzene rings is 1. The third-order valence-corrected chi connectivity index (χ3v) is 4.68. The molecule has 126 valence electrons. The molecule has 1 aromatic heterocycles. The number of ether oxygens (including phenoxy) is 2. The number of nitrogens with zero attached hydrogens (tertiary/aromatic N) is 3. The van der Waals surface area contributed by atoms with E-state index < -0.39 is 0 Å². The molecule has 0 amide bonds. The van der Waals surface area contributed by atoms with Crippen molar-refractivity contribution in [1.29, 1.82) is 0 Å². The van der Waals surface area contributed by atoms with Crippen LogP contribution in [0.5, 0.6) is 5.75 Å². The summed E-state index contributed by atoms with van der Waals surface area (Å²) in [6.45, 7) is 1.20. The molecular formula is C15H21ClN4O2S. The highest BCUT2D eigenvalue weighted by atomic mass is 35.5. The van der Waals surface area contributed by atoms with Crippen LogP contribution in [0, 0.1) is 0 Å². The van der Waals surface area contributed by atoms with Crippen LogP contribution < -0.4 is 10.5 Å². The number of aromatic nitrogens is 3. The molecule has 23 heavy (non-hydrogen) atoms. The lowest BCUT2D eigenvalue weighted by Gasteiger charge is -2.12. The molecule has 0 spiro atoms. The van der Waals surface area contributed by atoms with Gasteiger partial charge in [-0.2, -0.15) is 0 Å². The number of hydrogen-bond acceptors (Lipinski definition) is 6. The molecule has 6 nitrogen and oxygen atoms in total. The van der Waals surface area contributed by atoms with Crippen molar-refractivity contribution in [2.24, 2.45) is 5.73 Å². The number of methoxy groups -OCH3 is 1. The first-order valence-corrected chi connectivity index (χ1v) is 8.33. The van der Waals surface area contributed by atoms with Gasteiger partial charge in [0.2, 0.25) is 0 Å². The van der Waals surface area contributed by atoms with Gasteiger partial charge in [-0.1, -0.05) is 17.8 Å². The second kappa shape index (κ2) is 8.54. The molecule has 2 heterocycles. The Morgan fingerprint density at radius 3 is 3.00 bits per heavy atom. The van der Waals surface area contributed by atoms with E-state index in [1.165, 1.54) is 0 Å². The van der Waals surface area contributed by atoms with Crippen LogP contribution in [0.1, 0.15) is 18.7 Å². The van der Waals surface area contributed by atoms with Crippen LogP contribution in [0.25, 0.3) is 5.69 Å². The van der Waals surface area contributed by atoms with Gasteiger partial charge in [-0.3, -0.25) is 4.57 Å². The summed E-state index contributed by atoms with van der Waals surface area (Å²) in [5.74, 6) is 2.42. The highest BCUT2D eigenvalue weighted by molar-refractivity contribution is 7.99. The molecule has 0 saturated carbocycles. The summed E-state index contributed by atoms with van der Waals surface area (Å²) < 4.78 is 13.0. The van der Waals surface area contributed by atoms with Crippen molar-refractivity contribution in [3.05, 3.63) is 30.1 Å². The largest absolute Gasteiger partial charge is 0.497 e. The van der Waals surface area contributed by atoms with Crippen molar-refractivity contribution in [2.45, 2.75) is 30.6 Å². The normalized spacial score (nSPS) is 17.0. The first-order chi connectivity index (χ1) is 10.8. The van der Waals surface area contributed by atoms with E-state index >= 15 is 0 Å². The van der Waals surface area contributed by atoms with Gasteiger partial charge in [0.05, 0.1) is 25.4 Å². The summed E-state index contributed by atoms with van der Waals surface area (Å²) in [7, 11) is 1.65. The predicted molar refractivity (Wildman–Crippen MR) is 92.7 cm³/mol. The molecule has 8 heteroatoms. The molecule has 1 aromatic carbocycles. The molecule has 1 aliphatic heterocycles. The minimum absolute atomic E-state index is 0. The molecular weight excluding hydrogens is 336 g/mol. The molecule has 0 bridgehead atoms. The monoisotopic (exact) mass is 356 g/mol. The Bertz CT molecular complexity index is 632. The summed E-state index contributed by atoms with van der Waals surface area (Å²) in [6.07, 6.45) is 2.56. The van der Waals surface area contributed by atoms with Crippen LogP contribution >= 0.6 is 24.2 Å². The number of thioether (sulfide) groups is 1. The summed E-state index contributed by atoms with van der Waals surface area (Å²) in [5, 5.41) is 9.31. The molecule has 1 aliphatic rings. The van der Waals surface area contributed by atoms with Gasteiger partial charge in [0.25, 0.3) is 0 Å². The Morgan fingerprint density at radius 1 is 1.43 bits per heavy atom. The van der Waals surface area contributed by atoms with Gasteiger partial charge in [-0.25, -0.2) is 0 Å². The van der Waals surface area contributed by atoms with Gasteiger partial charge >= 0.3 is 0 Å². The fraction of sp³-hybridized carbons (Fsp3) is 0.467. The van der Waals surface area contributed by atoms with Crippen LogP contribution in [-0.2, 0) is 11.3 Å². The molecule has 1 unspecified atom stereocenters. The van der Waals surface area contributed by atoms with E-state index in [0.717, 1.165) is 47.6 Å². The van der Waals surface area contributed by atoms with E-state index in [9.17, 15) is 0 Å². The van der Waals surface area contributed by atoms with E-state index in [4.69, 9.17) is 15.2 Å². The maximum atomic E-state index is 5.80. The third-order valence-electron chi connectivity index (χ3n) is 3.62. The topological polar surface area (TPSA) is 75.2 Å². The summed E-state index contributed by atoms with van der Waals surface area (Å²) >= 11 is 1.66. The van der Waals surface area contributed by atoms with Gasteiger partial charge in [-0.15, -0.1) is 22.6 Å². The van der Waals surface area contributed by atoms with Gasteiger partial charge in [0.15, 0.2) is 11.0 Å². The summed E-state index contributed by atoms with van der Waals surface area (Å²) in [6, 6.07) is 7.82. The van der Waals surface area contributed by atoms with Crippen LogP contribution in [0.15, 0.2) is 29.4 Å². The predicted octanol–water partition coefficient (Wildman–Crippen LogP) is 2.43. The zero-order valence-electron chi connectivity index (χ0n) is 13.0. The van der Waals surface area contributed by atoms with E-state index in [2.05, 4.69) is 10.2 Å². The number of rotatable bonds is 6. The van der Waals surface area contributed by atoms with Crippen LogP contribution in [0.4, 0.5) is 0 Å². The molecule has 2 N–H and O–H groups in total. The van der Waals surface area contributed by atoms with Crippen LogP contribution in [0.2, 0.25) is 0 Å². The molecule has 2 aromatic rings. The molecule has 0 radical (unpaired) electrons. The van der Waals surface area contributed by atoms with Crippen LogP contribution in [-0.4, -0.2) is 40.3 Å². The summed E-state index contributed by atoms with van der Waals surface area (Å²) in [5.41, 5.74) is 6.76. The Hall–Kier alpha value is -1.28. The van der Waals surface area contributed by atoms with E-state index in [0.29, 0.717) is 12.6 Å². The smallest absolute Gasteiger partial charge is 0.195 e. The SMILES string of the molecule is COc1cccc(-n2c(CN)nnc2SCC2CCCO2)c1.Cl. The first-order valence-electron chi connectivity index (χ1n) is 7.35. The van der Waals surface area contributed by atoms with Crippen molar-refractivity contribution < 1.29 is 9.47 Å². The summed E-state index contributed by atoms with van der Waals surface area (Å²) in [4.78, 5) is 0. The Kier molecular flexibility index (Phi) is 6.71. The molecule has 1 saturated heterocycles. The van der Waals surface area contributed by atoms with Crippen molar-refractivity contribution in [3.8, 4) is 11.4 Å². The Morgan fingerprint density at radius 2 is 2.30 bits per heavy atom. The lowest BCUT2D eigenvalue weighted by atomic mass is 10.3. The molecule has 1 fully saturated rings. The highest BCUT2D eigenvalue weighted by Gasteiger charge is 2.19. The van der Waals surface area contributed by atoms with Gasteiger partial charge in [-0.05, 0) is 25.0 Å². The van der Waals surface area contributed by atoms with Gasteiger partial charge in [0.1, 0.15) is 5.75 Å². The second-order valence-corrected chi connectivity index (χ2v) is 6.07. The standard InChI is InChI=1S/C15H20N4O2S.ClH/c1-20-12-5-2-4-11(8-12)19-14(9-16)17-18-15(19)22-10-13-6-3-7-21-13;/h2,4-5,8,13H,3,6-7,9-10,16H2,1H3;1H. The molecule has 3 rings (SSSR count). The Labute approximate surface area is 146 Å². The maximum absolute atomic E-state index is 5.80. The fourth-order valence-corrected chi connectivity index (χ4v) is 3.51. The minimum atomic E-state index is 0. The second-order valence-electron chi connectivity index (χ2n) is 5.09. The fourth-order valence-electron chi connectivity index (χ4n) is 2.48. The van der Waals surface area contributed by atoms with Crippen LogP contribution in [0.3, 0.4) is 0 Å². The van der Waals surface area contributed by atoms with Crippen molar-refractivity contribution in [3.63, 3.8) is 0 Å². The molecule has 1 atom stereocenters. The van der Waals surface area contributed by atoms with E-state index in [1.54, 1.807) is 18.9 Å². The average molecular weight is 357 g/mol. The number of halogens is 1. The van der Waals surface area contributed by atoms with Gasteiger partial charge < -0.3 is 15.2 Å². The van der Waals surface area contributed by atoms with Gasteiger partial charge in [0, 0.05) is 18.4 Å². The van der Waals surface area contributed by atoms with Crippen molar-refractivity contribution >= 4 is 24.2 Å². The average Bonchev–Trinajstić information content (AvgIpc) is 3.22. The first kappa shape index (κ1) is 18.1. The maximum Gasteiger partial charge on any atom is 0.195 e. The third kappa shape index (κ3) is 4.17. The van der Waals surface area contributed by atoms with Crippen molar-refractivity contribution in [2.75, 3.05) is 19.5 Å². The lowest BCUT2D eigenvalue weighted by molar-refractivity contribution is 0.129. The van der Waals surface area contributed by atoms with E-state index in [1.807, 2.05) is 28.8 Å². The zero-order chi connectivity index (χ0) is 15.4. The Balaban J connectivity index is 0.00000192. The zero-order valence-corrected chi connectivity index (χ0v) is 14.6. The van der Waals surface area contributed by atoms with E-state index in [-0.39, 0.29) is 12.4 Å². The highest BCUT2D eigenvalue weighted by Crippen LogP contribution is 2.27. The minimum Gasteiger partial charge on any atom is -0.497 e. The van der Waals surface area contributed by atoms with Crippen molar-refractivity contribution in [1.82, 2.24) is 14.8 Å². The lowest BCUT2D eigenvalue weighted by Crippen LogP contribution is -2.10. The molecule has 0 aliphatic carbocycles. The number of nitrogens with two attached hydrogens (primary N) is 1. The quantitative estimate of drug-likeness (QED) is 0.801. The number of hydrogen-bond donors (Lipinski definition) is 1.